The Morgan fingerprint density at radius 3 is 2.39 bits per heavy atom. The molecule has 3 aromatic rings. The fourth-order valence-electron chi connectivity index (χ4n) is 2.67. The van der Waals surface area contributed by atoms with Crippen LogP contribution in [0.4, 0.5) is 10.8 Å². The highest BCUT2D eigenvalue weighted by Crippen LogP contribution is 2.30. The smallest absolute Gasteiger partial charge is 0.338 e. The van der Waals surface area contributed by atoms with Crippen molar-refractivity contribution in [2.24, 2.45) is 0 Å². The van der Waals surface area contributed by atoms with E-state index < -0.39 is 5.97 Å². The lowest BCUT2D eigenvalue weighted by Crippen LogP contribution is -2.22. The molecular weight excluding hydrogens is 372 g/mol. The number of rotatable bonds is 5. The molecule has 0 saturated carbocycles. The van der Waals surface area contributed by atoms with E-state index in [1.54, 1.807) is 22.4 Å². The number of carbonyl (C=O) groups excluding carboxylic acids is 2. The van der Waals surface area contributed by atoms with Crippen LogP contribution in [-0.2, 0) is 16.1 Å². The topological polar surface area (TPSA) is 59.5 Å². The van der Waals surface area contributed by atoms with Gasteiger partial charge in [0.1, 0.15) is 6.61 Å². The van der Waals surface area contributed by atoms with E-state index in [4.69, 9.17) is 4.74 Å². The summed E-state index contributed by atoms with van der Waals surface area (Å²) in [5.74, 6) is -0.520. The number of aromatic nitrogens is 1. The molecule has 0 radical (unpaired) electrons. The van der Waals surface area contributed by atoms with Gasteiger partial charge in [-0.05, 0) is 56.2 Å². The molecule has 0 aliphatic heterocycles. The van der Waals surface area contributed by atoms with Crippen molar-refractivity contribution < 1.29 is 14.3 Å². The molecule has 3 rings (SSSR count). The average Bonchev–Trinajstić information content (AvgIpc) is 3.11. The molecule has 0 aliphatic carbocycles. The van der Waals surface area contributed by atoms with E-state index in [0.29, 0.717) is 16.4 Å². The standard InChI is InChI=1S/C22H22N2O3S/c1-14-5-8-18(9-6-14)21(26)27-12-19-13-28-22(23-19)24(17(4)25)20-10-7-15(2)16(3)11-20/h5-11,13H,12H2,1-4H3. The highest BCUT2D eigenvalue weighted by atomic mass is 32.1. The van der Waals surface area contributed by atoms with Gasteiger partial charge in [0.15, 0.2) is 5.13 Å². The number of aryl methyl sites for hydroxylation is 3. The number of ether oxygens (including phenoxy) is 1. The first kappa shape index (κ1) is 19.8. The van der Waals surface area contributed by atoms with Gasteiger partial charge in [0.2, 0.25) is 5.91 Å². The minimum absolute atomic E-state index is 0.0574. The van der Waals surface area contributed by atoms with Gasteiger partial charge in [-0.15, -0.1) is 11.3 Å². The zero-order valence-electron chi connectivity index (χ0n) is 16.4. The van der Waals surface area contributed by atoms with Crippen LogP contribution >= 0.6 is 11.3 Å². The summed E-state index contributed by atoms with van der Waals surface area (Å²) in [6, 6.07) is 13.1. The maximum atomic E-state index is 12.2. The molecule has 28 heavy (non-hydrogen) atoms. The SMILES string of the molecule is CC(=O)N(c1ccc(C)c(C)c1)c1nc(COC(=O)c2ccc(C)cc2)cs1. The van der Waals surface area contributed by atoms with Crippen molar-refractivity contribution in [3.8, 4) is 0 Å². The van der Waals surface area contributed by atoms with E-state index >= 15 is 0 Å². The third kappa shape index (κ3) is 4.46. The van der Waals surface area contributed by atoms with Gasteiger partial charge in [-0.1, -0.05) is 23.8 Å². The van der Waals surface area contributed by atoms with E-state index in [0.717, 1.165) is 22.4 Å². The normalized spacial score (nSPS) is 10.6. The summed E-state index contributed by atoms with van der Waals surface area (Å²) in [5, 5.41) is 2.35. The second-order valence-corrected chi connectivity index (χ2v) is 7.52. The minimum atomic E-state index is -0.396. The Labute approximate surface area is 168 Å². The highest BCUT2D eigenvalue weighted by Gasteiger charge is 2.19. The van der Waals surface area contributed by atoms with E-state index in [1.165, 1.54) is 18.3 Å². The lowest BCUT2D eigenvalue weighted by atomic mass is 10.1. The molecule has 144 valence electrons. The molecule has 0 unspecified atom stereocenters. The molecule has 5 nitrogen and oxygen atoms in total. The second-order valence-electron chi connectivity index (χ2n) is 6.69. The third-order valence-corrected chi connectivity index (χ3v) is 5.31. The summed E-state index contributed by atoms with van der Waals surface area (Å²) in [4.78, 5) is 30.5. The van der Waals surface area contributed by atoms with Crippen LogP contribution in [0.2, 0.25) is 0 Å². The molecular formula is C22H22N2O3S. The van der Waals surface area contributed by atoms with Gasteiger partial charge in [-0.25, -0.2) is 9.78 Å². The quantitative estimate of drug-likeness (QED) is 0.564. The summed E-state index contributed by atoms with van der Waals surface area (Å²) in [7, 11) is 0. The Kier molecular flexibility index (Phi) is 5.90. The number of thiazole rings is 1. The molecule has 0 spiro atoms. The van der Waals surface area contributed by atoms with Crippen molar-refractivity contribution in [2.45, 2.75) is 34.3 Å². The fraction of sp³-hybridized carbons (Fsp3) is 0.227. The van der Waals surface area contributed by atoms with Gasteiger partial charge in [0.25, 0.3) is 0 Å². The van der Waals surface area contributed by atoms with Crippen LogP contribution in [0, 0.1) is 20.8 Å². The second kappa shape index (κ2) is 8.35. The van der Waals surface area contributed by atoms with E-state index in [9.17, 15) is 9.59 Å². The Balaban J connectivity index is 1.74. The molecule has 1 aromatic heterocycles. The van der Waals surface area contributed by atoms with Gasteiger partial charge in [0, 0.05) is 12.3 Å². The summed E-state index contributed by atoms with van der Waals surface area (Å²) in [5.41, 5.74) is 5.23. The van der Waals surface area contributed by atoms with Crippen molar-refractivity contribution in [2.75, 3.05) is 4.90 Å². The maximum Gasteiger partial charge on any atom is 0.338 e. The number of esters is 1. The van der Waals surface area contributed by atoms with E-state index in [2.05, 4.69) is 4.98 Å². The number of hydrogen-bond donors (Lipinski definition) is 0. The number of benzene rings is 2. The molecule has 2 aromatic carbocycles. The predicted molar refractivity (Wildman–Crippen MR) is 111 cm³/mol. The summed E-state index contributed by atoms with van der Waals surface area (Å²) < 4.78 is 5.35. The first-order chi connectivity index (χ1) is 13.3. The Bertz CT molecular complexity index is 1010. The van der Waals surface area contributed by atoms with Crippen molar-refractivity contribution >= 4 is 34.0 Å². The fourth-order valence-corrected chi connectivity index (χ4v) is 3.54. The average molecular weight is 394 g/mol. The lowest BCUT2D eigenvalue weighted by molar-refractivity contribution is -0.115. The van der Waals surface area contributed by atoms with Crippen molar-refractivity contribution in [1.29, 1.82) is 0 Å². The van der Waals surface area contributed by atoms with Crippen molar-refractivity contribution in [3.05, 3.63) is 75.8 Å². The largest absolute Gasteiger partial charge is 0.456 e. The molecule has 0 bridgehead atoms. The molecule has 0 fully saturated rings. The first-order valence-electron chi connectivity index (χ1n) is 8.91. The van der Waals surface area contributed by atoms with Crippen LogP contribution in [-0.4, -0.2) is 16.9 Å². The van der Waals surface area contributed by atoms with Crippen LogP contribution in [0.15, 0.2) is 47.8 Å². The van der Waals surface area contributed by atoms with Gasteiger partial charge in [-0.2, -0.15) is 0 Å². The molecule has 6 heteroatoms. The highest BCUT2D eigenvalue weighted by molar-refractivity contribution is 7.14. The molecule has 1 heterocycles. The molecule has 1 amide bonds. The number of amides is 1. The molecule has 0 atom stereocenters. The minimum Gasteiger partial charge on any atom is -0.456 e. The van der Waals surface area contributed by atoms with Gasteiger partial charge in [0.05, 0.1) is 16.9 Å². The zero-order chi connectivity index (χ0) is 20.3. The Hall–Kier alpha value is -2.99. The van der Waals surface area contributed by atoms with Crippen LogP contribution in [0.25, 0.3) is 0 Å². The number of hydrogen-bond acceptors (Lipinski definition) is 5. The van der Waals surface area contributed by atoms with Crippen LogP contribution in [0.5, 0.6) is 0 Å². The van der Waals surface area contributed by atoms with E-state index in [-0.39, 0.29) is 12.5 Å². The third-order valence-electron chi connectivity index (χ3n) is 4.43. The Morgan fingerprint density at radius 1 is 1.04 bits per heavy atom. The molecule has 0 N–H and O–H groups in total. The van der Waals surface area contributed by atoms with Crippen LogP contribution in [0.1, 0.15) is 39.7 Å². The van der Waals surface area contributed by atoms with Gasteiger partial charge >= 0.3 is 5.97 Å². The van der Waals surface area contributed by atoms with Gasteiger partial charge in [-0.3, -0.25) is 9.69 Å². The first-order valence-corrected chi connectivity index (χ1v) is 9.79. The maximum absolute atomic E-state index is 12.2. The van der Waals surface area contributed by atoms with Crippen molar-refractivity contribution in [1.82, 2.24) is 4.98 Å². The van der Waals surface area contributed by atoms with Crippen LogP contribution in [0.3, 0.4) is 0 Å². The van der Waals surface area contributed by atoms with E-state index in [1.807, 2.05) is 51.1 Å². The number of carbonyl (C=O) groups is 2. The monoisotopic (exact) mass is 394 g/mol. The molecule has 0 aliphatic rings. The summed E-state index contributed by atoms with van der Waals surface area (Å²) in [6.45, 7) is 7.56. The zero-order valence-corrected chi connectivity index (χ0v) is 17.2. The lowest BCUT2D eigenvalue weighted by Gasteiger charge is -2.19. The van der Waals surface area contributed by atoms with Gasteiger partial charge < -0.3 is 4.74 Å². The summed E-state index contributed by atoms with van der Waals surface area (Å²) in [6.07, 6.45) is 0. The number of anilines is 2. The van der Waals surface area contributed by atoms with Crippen molar-refractivity contribution in [3.63, 3.8) is 0 Å². The van der Waals surface area contributed by atoms with Crippen LogP contribution < -0.4 is 4.90 Å². The predicted octanol–water partition coefficient (Wildman–Crippen LogP) is 5.11. The molecule has 0 saturated heterocycles. The number of nitrogens with zero attached hydrogens (tertiary/aromatic N) is 2. The Morgan fingerprint density at radius 2 is 1.75 bits per heavy atom. The summed E-state index contributed by atoms with van der Waals surface area (Å²) >= 11 is 1.34.